The van der Waals surface area contributed by atoms with Gasteiger partial charge in [-0.05, 0) is 30.7 Å². The third-order valence-corrected chi connectivity index (χ3v) is 3.09. The molecule has 1 atom stereocenters. The number of allylic oxidation sites excluding steroid dienone is 1. The number of carbonyl (C=O) groups is 3. The van der Waals surface area contributed by atoms with Crippen LogP contribution in [0.2, 0.25) is 0 Å². The molecule has 0 amide bonds. The summed E-state index contributed by atoms with van der Waals surface area (Å²) < 4.78 is 14.3. The Kier molecular flexibility index (Phi) is 8.38. The topological polar surface area (TPSA) is 94.8 Å². The molecule has 0 unspecified atom stereocenters. The van der Waals surface area contributed by atoms with Crippen molar-refractivity contribution in [2.45, 2.75) is 25.3 Å². The van der Waals surface area contributed by atoms with E-state index in [0.29, 0.717) is 12.3 Å². The van der Waals surface area contributed by atoms with Crippen LogP contribution in [0.15, 0.2) is 28.9 Å². The minimum Gasteiger partial charge on any atom is -0.469 e. The molecule has 1 aromatic heterocycles. The number of nitrogens with one attached hydrogen (secondary N) is 1. The first-order valence-electron chi connectivity index (χ1n) is 7.19. The van der Waals surface area contributed by atoms with Crippen molar-refractivity contribution in [3.63, 3.8) is 0 Å². The Morgan fingerprint density at radius 2 is 2.04 bits per heavy atom. The molecule has 7 nitrogen and oxygen atoms in total. The Morgan fingerprint density at radius 3 is 2.65 bits per heavy atom. The van der Waals surface area contributed by atoms with Crippen molar-refractivity contribution in [2.24, 2.45) is 0 Å². The first-order valence-corrected chi connectivity index (χ1v) is 7.19. The lowest BCUT2D eigenvalue weighted by Crippen LogP contribution is -2.39. The molecule has 0 saturated heterocycles. The summed E-state index contributed by atoms with van der Waals surface area (Å²) in [7, 11) is 2.55. The van der Waals surface area contributed by atoms with E-state index in [1.165, 1.54) is 26.6 Å². The summed E-state index contributed by atoms with van der Waals surface area (Å²) in [4.78, 5) is 34.5. The average molecular weight is 323 g/mol. The molecule has 126 valence electrons. The predicted molar refractivity (Wildman–Crippen MR) is 82.4 cm³/mol. The van der Waals surface area contributed by atoms with Crippen LogP contribution in [-0.4, -0.2) is 44.5 Å². The van der Waals surface area contributed by atoms with Crippen molar-refractivity contribution in [3.05, 3.63) is 30.2 Å². The van der Waals surface area contributed by atoms with E-state index < -0.39 is 18.0 Å². The maximum Gasteiger partial charge on any atom is 0.322 e. The SMILES string of the molecule is COC(=O)CC[C@H](NCCC(=O)/C=C/c1ccco1)C(=O)OC. The minimum atomic E-state index is -0.652. The maximum atomic E-state index is 11.7. The van der Waals surface area contributed by atoms with Gasteiger partial charge < -0.3 is 19.2 Å². The van der Waals surface area contributed by atoms with Crippen LogP contribution in [0, 0.1) is 0 Å². The molecule has 7 heteroatoms. The van der Waals surface area contributed by atoms with E-state index in [0.717, 1.165) is 0 Å². The third kappa shape index (κ3) is 7.42. The molecule has 1 N–H and O–H groups in total. The van der Waals surface area contributed by atoms with Crippen molar-refractivity contribution in [2.75, 3.05) is 20.8 Å². The van der Waals surface area contributed by atoms with Crippen LogP contribution >= 0.6 is 0 Å². The monoisotopic (exact) mass is 323 g/mol. The predicted octanol–water partition coefficient (Wildman–Crippen LogP) is 1.34. The third-order valence-electron chi connectivity index (χ3n) is 3.09. The van der Waals surface area contributed by atoms with Crippen LogP contribution in [0.4, 0.5) is 0 Å². The molecule has 1 heterocycles. The number of ketones is 1. The highest BCUT2D eigenvalue weighted by atomic mass is 16.5. The van der Waals surface area contributed by atoms with Crippen molar-refractivity contribution in [3.8, 4) is 0 Å². The summed E-state index contributed by atoms with van der Waals surface area (Å²) in [6.07, 6.45) is 5.07. The number of hydrogen-bond acceptors (Lipinski definition) is 7. The van der Waals surface area contributed by atoms with Crippen LogP contribution in [-0.2, 0) is 23.9 Å². The van der Waals surface area contributed by atoms with E-state index in [9.17, 15) is 14.4 Å². The van der Waals surface area contributed by atoms with E-state index in [2.05, 4.69) is 14.8 Å². The lowest BCUT2D eigenvalue weighted by atomic mass is 10.1. The molecule has 1 rings (SSSR count). The lowest BCUT2D eigenvalue weighted by molar-refractivity contribution is -0.144. The molecular formula is C16H21NO6. The zero-order chi connectivity index (χ0) is 17.1. The molecule has 0 radical (unpaired) electrons. The van der Waals surface area contributed by atoms with E-state index >= 15 is 0 Å². The fourth-order valence-electron chi connectivity index (χ4n) is 1.82. The van der Waals surface area contributed by atoms with Crippen LogP contribution in [0.5, 0.6) is 0 Å². The fraction of sp³-hybridized carbons (Fsp3) is 0.438. The van der Waals surface area contributed by atoms with Crippen molar-refractivity contribution in [1.82, 2.24) is 5.32 Å². The number of esters is 2. The molecule has 1 aromatic rings. The number of methoxy groups -OCH3 is 2. The zero-order valence-corrected chi connectivity index (χ0v) is 13.2. The fourth-order valence-corrected chi connectivity index (χ4v) is 1.82. The van der Waals surface area contributed by atoms with Gasteiger partial charge in [-0.1, -0.05) is 0 Å². The van der Waals surface area contributed by atoms with Gasteiger partial charge in [-0.25, -0.2) is 0 Å². The maximum absolute atomic E-state index is 11.7. The number of ether oxygens (including phenoxy) is 2. The second kappa shape index (κ2) is 10.3. The first kappa shape index (κ1) is 18.6. The summed E-state index contributed by atoms with van der Waals surface area (Å²) in [6, 6.07) is 2.82. The minimum absolute atomic E-state index is 0.0929. The van der Waals surface area contributed by atoms with Gasteiger partial charge in [0.1, 0.15) is 11.8 Å². The molecule has 0 bridgehead atoms. The highest BCUT2D eigenvalue weighted by molar-refractivity contribution is 5.93. The molecule has 0 spiro atoms. The van der Waals surface area contributed by atoms with E-state index in [1.807, 2.05) is 0 Å². The quantitative estimate of drug-likeness (QED) is 0.513. The lowest BCUT2D eigenvalue weighted by Gasteiger charge is -2.15. The largest absolute Gasteiger partial charge is 0.469 e. The molecular weight excluding hydrogens is 302 g/mol. The molecule has 0 aliphatic rings. The summed E-state index contributed by atoms with van der Waals surface area (Å²) in [6.45, 7) is 0.294. The smallest absolute Gasteiger partial charge is 0.322 e. The molecule has 0 saturated carbocycles. The number of hydrogen-bond donors (Lipinski definition) is 1. The normalized spacial score (nSPS) is 12.1. The van der Waals surface area contributed by atoms with Gasteiger partial charge in [-0.2, -0.15) is 0 Å². The van der Waals surface area contributed by atoms with Gasteiger partial charge in [0.2, 0.25) is 0 Å². The van der Waals surface area contributed by atoms with Gasteiger partial charge in [0, 0.05) is 19.4 Å². The van der Waals surface area contributed by atoms with E-state index in [4.69, 9.17) is 4.42 Å². The Bertz CT molecular complexity index is 535. The Balaban J connectivity index is 2.37. The average Bonchev–Trinajstić information content (AvgIpc) is 3.08. The zero-order valence-electron chi connectivity index (χ0n) is 13.2. The second-order valence-electron chi connectivity index (χ2n) is 4.71. The van der Waals surface area contributed by atoms with Gasteiger partial charge in [0.05, 0.1) is 20.5 Å². The van der Waals surface area contributed by atoms with Crippen molar-refractivity contribution in [1.29, 1.82) is 0 Å². The van der Waals surface area contributed by atoms with Gasteiger partial charge in [-0.3, -0.25) is 14.4 Å². The van der Waals surface area contributed by atoms with Crippen LogP contribution < -0.4 is 5.32 Å². The summed E-state index contributed by atoms with van der Waals surface area (Å²) in [5, 5.41) is 2.91. The van der Waals surface area contributed by atoms with E-state index in [-0.39, 0.29) is 25.0 Å². The second-order valence-corrected chi connectivity index (χ2v) is 4.71. The van der Waals surface area contributed by atoms with Crippen LogP contribution in [0.3, 0.4) is 0 Å². The van der Waals surface area contributed by atoms with Gasteiger partial charge >= 0.3 is 11.9 Å². The summed E-state index contributed by atoms with van der Waals surface area (Å²) in [5.41, 5.74) is 0. The molecule has 23 heavy (non-hydrogen) atoms. The standard InChI is InChI=1S/C16H21NO6/c1-21-15(19)8-7-14(16(20)22-2)17-10-9-12(18)5-6-13-4-3-11-23-13/h3-6,11,14,17H,7-10H2,1-2H3/b6-5+/t14-/m0/s1. The number of furan rings is 1. The highest BCUT2D eigenvalue weighted by Gasteiger charge is 2.20. The van der Waals surface area contributed by atoms with Crippen LogP contribution in [0.25, 0.3) is 6.08 Å². The summed E-state index contributed by atoms with van der Waals surface area (Å²) in [5.74, 6) is -0.395. The number of rotatable bonds is 10. The highest BCUT2D eigenvalue weighted by Crippen LogP contribution is 2.04. The van der Waals surface area contributed by atoms with Crippen molar-refractivity contribution < 1.29 is 28.3 Å². The Morgan fingerprint density at radius 1 is 1.26 bits per heavy atom. The molecule has 0 fully saturated rings. The Hall–Kier alpha value is -2.41. The van der Waals surface area contributed by atoms with Crippen molar-refractivity contribution >= 4 is 23.8 Å². The molecule has 0 aliphatic carbocycles. The van der Waals surface area contributed by atoms with Gasteiger partial charge in [0.25, 0.3) is 0 Å². The van der Waals surface area contributed by atoms with Gasteiger partial charge in [-0.15, -0.1) is 0 Å². The number of carbonyl (C=O) groups excluding carboxylic acids is 3. The first-order chi connectivity index (χ1) is 11.1. The molecule has 0 aromatic carbocycles. The van der Waals surface area contributed by atoms with Gasteiger partial charge in [0.15, 0.2) is 5.78 Å². The van der Waals surface area contributed by atoms with E-state index in [1.54, 1.807) is 18.2 Å². The van der Waals surface area contributed by atoms with Crippen LogP contribution in [0.1, 0.15) is 25.0 Å². The Labute approximate surface area is 134 Å². The molecule has 0 aliphatic heterocycles. The summed E-state index contributed by atoms with van der Waals surface area (Å²) >= 11 is 0.